The Labute approximate surface area is 177 Å². The first-order valence-corrected chi connectivity index (χ1v) is 9.97. The van der Waals surface area contributed by atoms with Crippen molar-refractivity contribution in [1.29, 1.82) is 0 Å². The van der Waals surface area contributed by atoms with Crippen molar-refractivity contribution >= 4 is 11.8 Å². The maximum absolute atomic E-state index is 12.4. The molecule has 0 spiro atoms. The molecule has 0 unspecified atom stereocenters. The molecule has 0 fully saturated rings. The fourth-order valence-electron chi connectivity index (χ4n) is 3.37. The van der Waals surface area contributed by atoms with Crippen molar-refractivity contribution < 1.29 is 14.3 Å². The van der Waals surface area contributed by atoms with Gasteiger partial charge in [0, 0.05) is 12.0 Å². The lowest BCUT2D eigenvalue weighted by Crippen LogP contribution is -2.44. The van der Waals surface area contributed by atoms with Gasteiger partial charge in [-0.3, -0.25) is 9.59 Å². The average Bonchev–Trinajstić information content (AvgIpc) is 2.78. The first-order valence-electron chi connectivity index (χ1n) is 9.97. The number of hydrogen-bond acceptors (Lipinski definition) is 3. The van der Waals surface area contributed by atoms with Crippen LogP contribution in [0.5, 0.6) is 5.75 Å². The summed E-state index contributed by atoms with van der Waals surface area (Å²) in [6, 6.07) is 29.1. The molecule has 3 rings (SSSR count). The van der Waals surface area contributed by atoms with E-state index in [0.29, 0.717) is 5.75 Å². The van der Waals surface area contributed by atoms with Crippen LogP contribution in [0.3, 0.4) is 0 Å². The molecule has 3 aromatic rings. The molecule has 2 N–H and O–H groups in total. The van der Waals surface area contributed by atoms with E-state index < -0.39 is 0 Å². The van der Waals surface area contributed by atoms with Crippen LogP contribution in [0.2, 0.25) is 0 Å². The summed E-state index contributed by atoms with van der Waals surface area (Å²) in [5.74, 6) is 0.0319. The van der Waals surface area contributed by atoms with Gasteiger partial charge in [0.15, 0.2) is 6.61 Å². The molecular formula is C25H26N2O3. The van der Waals surface area contributed by atoms with Crippen LogP contribution in [-0.2, 0) is 9.59 Å². The van der Waals surface area contributed by atoms with Crippen LogP contribution in [-0.4, -0.2) is 31.0 Å². The van der Waals surface area contributed by atoms with Gasteiger partial charge in [0.05, 0.1) is 6.54 Å². The molecule has 154 valence electrons. The molecular weight excluding hydrogens is 376 g/mol. The molecule has 0 aliphatic heterocycles. The van der Waals surface area contributed by atoms with Crippen LogP contribution >= 0.6 is 0 Å². The first kappa shape index (κ1) is 21.1. The van der Waals surface area contributed by atoms with Crippen molar-refractivity contribution in [2.24, 2.45) is 0 Å². The normalized spacial score (nSPS) is 11.5. The smallest absolute Gasteiger partial charge is 0.258 e. The number of para-hydroxylation sites is 1. The van der Waals surface area contributed by atoms with E-state index in [4.69, 9.17) is 4.74 Å². The molecule has 2 amide bonds. The number of rotatable bonds is 9. The SMILES string of the molecule is C[C@H](NC(=O)CNC(=O)COc1ccccc1)C(c1ccccc1)c1ccccc1. The Morgan fingerprint density at radius 3 is 1.80 bits per heavy atom. The minimum Gasteiger partial charge on any atom is -0.484 e. The van der Waals surface area contributed by atoms with Crippen LogP contribution in [0, 0.1) is 0 Å². The van der Waals surface area contributed by atoms with Crippen LogP contribution in [0.15, 0.2) is 91.0 Å². The van der Waals surface area contributed by atoms with E-state index >= 15 is 0 Å². The van der Waals surface area contributed by atoms with Gasteiger partial charge in [0.25, 0.3) is 5.91 Å². The van der Waals surface area contributed by atoms with Crippen LogP contribution < -0.4 is 15.4 Å². The van der Waals surface area contributed by atoms with Gasteiger partial charge in [0.2, 0.25) is 5.91 Å². The van der Waals surface area contributed by atoms with Crippen LogP contribution in [0.1, 0.15) is 24.0 Å². The van der Waals surface area contributed by atoms with E-state index in [2.05, 4.69) is 34.9 Å². The fourth-order valence-corrected chi connectivity index (χ4v) is 3.37. The molecule has 0 aliphatic rings. The summed E-state index contributed by atoms with van der Waals surface area (Å²) in [5, 5.41) is 5.61. The third-order valence-corrected chi connectivity index (χ3v) is 4.77. The lowest BCUT2D eigenvalue weighted by molar-refractivity contribution is -0.127. The molecule has 0 aliphatic carbocycles. The van der Waals surface area contributed by atoms with E-state index in [1.165, 1.54) is 0 Å². The van der Waals surface area contributed by atoms with Crippen molar-refractivity contribution in [3.05, 3.63) is 102 Å². The Hall–Kier alpha value is -3.60. The van der Waals surface area contributed by atoms with Gasteiger partial charge in [-0.25, -0.2) is 0 Å². The van der Waals surface area contributed by atoms with E-state index in [9.17, 15) is 9.59 Å². The quantitative estimate of drug-likeness (QED) is 0.576. The molecule has 0 heterocycles. The maximum atomic E-state index is 12.4. The maximum Gasteiger partial charge on any atom is 0.258 e. The lowest BCUT2D eigenvalue weighted by Gasteiger charge is -2.26. The number of carbonyl (C=O) groups excluding carboxylic acids is 2. The number of carbonyl (C=O) groups is 2. The molecule has 5 nitrogen and oxygen atoms in total. The minimum atomic E-state index is -0.343. The Bertz CT molecular complexity index is 891. The van der Waals surface area contributed by atoms with Crippen molar-refractivity contribution in [3.63, 3.8) is 0 Å². The van der Waals surface area contributed by atoms with Gasteiger partial charge in [-0.1, -0.05) is 78.9 Å². The number of ether oxygens (including phenoxy) is 1. The monoisotopic (exact) mass is 402 g/mol. The van der Waals surface area contributed by atoms with Crippen molar-refractivity contribution in [2.45, 2.75) is 18.9 Å². The number of amides is 2. The highest BCUT2D eigenvalue weighted by Crippen LogP contribution is 2.27. The molecule has 5 heteroatoms. The third kappa shape index (κ3) is 6.21. The van der Waals surface area contributed by atoms with Gasteiger partial charge in [-0.2, -0.15) is 0 Å². The number of nitrogens with one attached hydrogen (secondary N) is 2. The standard InChI is InChI=1S/C25H26N2O3/c1-19(25(20-11-5-2-6-12-20)21-13-7-3-8-14-21)27-23(28)17-26-24(29)18-30-22-15-9-4-10-16-22/h2-16,19,25H,17-18H2,1H3,(H,26,29)(H,27,28)/t19-/m0/s1. The summed E-state index contributed by atoms with van der Waals surface area (Å²) in [4.78, 5) is 24.4. The predicted octanol–water partition coefficient (Wildman–Crippen LogP) is 3.52. The molecule has 0 aromatic heterocycles. The van der Waals surface area contributed by atoms with E-state index in [1.807, 2.05) is 61.5 Å². The zero-order valence-electron chi connectivity index (χ0n) is 17.0. The Balaban J connectivity index is 1.54. The summed E-state index contributed by atoms with van der Waals surface area (Å²) >= 11 is 0. The summed E-state index contributed by atoms with van der Waals surface area (Å²) in [6.07, 6.45) is 0. The molecule has 3 aromatic carbocycles. The van der Waals surface area contributed by atoms with Crippen molar-refractivity contribution in [1.82, 2.24) is 10.6 Å². The second kappa shape index (κ2) is 10.8. The second-order valence-corrected chi connectivity index (χ2v) is 7.03. The summed E-state index contributed by atoms with van der Waals surface area (Å²) in [6.45, 7) is 1.74. The van der Waals surface area contributed by atoms with Crippen molar-refractivity contribution in [2.75, 3.05) is 13.2 Å². The second-order valence-electron chi connectivity index (χ2n) is 7.03. The molecule has 30 heavy (non-hydrogen) atoms. The predicted molar refractivity (Wildman–Crippen MR) is 117 cm³/mol. The minimum absolute atomic E-state index is 0.00784. The zero-order chi connectivity index (χ0) is 21.2. The van der Waals surface area contributed by atoms with Crippen LogP contribution in [0.4, 0.5) is 0 Å². The van der Waals surface area contributed by atoms with E-state index in [1.54, 1.807) is 12.1 Å². The van der Waals surface area contributed by atoms with Crippen LogP contribution in [0.25, 0.3) is 0 Å². The fraction of sp³-hybridized carbons (Fsp3) is 0.200. The van der Waals surface area contributed by atoms with Gasteiger partial charge < -0.3 is 15.4 Å². The largest absolute Gasteiger partial charge is 0.484 e. The topological polar surface area (TPSA) is 67.4 Å². The Kier molecular flexibility index (Phi) is 7.61. The summed E-state index contributed by atoms with van der Waals surface area (Å²) in [7, 11) is 0. The molecule has 0 saturated carbocycles. The highest BCUT2D eigenvalue weighted by Gasteiger charge is 2.22. The zero-order valence-corrected chi connectivity index (χ0v) is 17.0. The van der Waals surface area contributed by atoms with Gasteiger partial charge in [-0.15, -0.1) is 0 Å². The molecule has 0 bridgehead atoms. The molecule has 0 saturated heterocycles. The van der Waals surface area contributed by atoms with Crippen molar-refractivity contribution in [3.8, 4) is 5.75 Å². The highest BCUT2D eigenvalue weighted by atomic mass is 16.5. The Morgan fingerprint density at radius 2 is 1.27 bits per heavy atom. The first-order chi connectivity index (χ1) is 14.6. The van der Waals surface area contributed by atoms with Gasteiger partial charge in [-0.05, 0) is 30.2 Å². The van der Waals surface area contributed by atoms with Gasteiger partial charge >= 0.3 is 0 Å². The lowest BCUT2D eigenvalue weighted by atomic mass is 9.86. The van der Waals surface area contributed by atoms with E-state index in [-0.39, 0.29) is 36.9 Å². The van der Waals surface area contributed by atoms with Gasteiger partial charge in [0.1, 0.15) is 5.75 Å². The summed E-state index contributed by atoms with van der Waals surface area (Å²) in [5.41, 5.74) is 2.24. The highest BCUT2D eigenvalue weighted by molar-refractivity contribution is 5.85. The summed E-state index contributed by atoms with van der Waals surface area (Å²) < 4.78 is 5.39. The Morgan fingerprint density at radius 1 is 0.767 bits per heavy atom. The number of hydrogen-bond donors (Lipinski definition) is 2. The average molecular weight is 402 g/mol. The van der Waals surface area contributed by atoms with E-state index in [0.717, 1.165) is 11.1 Å². The molecule has 0 radical (unpaired) electrons. The third-order valence-electron chi connectivity index (χ3n) is 4.77. The number of benzene rings is 3. The molecule has 1 atom stereocenters.